The van der Waals surface area contributed by atoms with Crippen molar-refractivity contribution in [2.45, 2.75) is 19.0 Å². The van der Waals surface area contributed by atoms with E-state index in [1.165, 1.54) is 10.5 Å². The summed E-state index contributed by atoms with van der Waals surface area (Å²) < 4.78 is 0. The van der Waals surface area contributed by atoms with Gasteiger partial charge in [0.15, 0.2) is 0 Å². The normalized spacial score (nSPS) is 21.1. The lowest BCUT2D eigenvalue weighted by atomic mass is 10.1. The van der Waals surface area contributed by atoms with Gasteiger partial charge in [0.05, 0.1) is 19.0 Å². The predicted octanol–water partition coefficient (Wildman–Crippen LogP) is 3.30. The van der Waals surface area contributed by atoms with Gasteiger partial charge < -0.3 is 0 Å². The van der Waals surface area contributed by atoms with Crippen LogP contribution >= 0.6 is 11.6 Å². The highest BCUT2D eigenvalue weighted by Crippen LogP contribution is 2.23. The number of carbonyl (C=O) groups excluding carboxylic acids is 2. The second-order valence-corrected chi connectivity index (χ2v) is 8.25. The van der Waals surface area contributed by atoms with Crippen molar-refractivity contribution in [2.75, 3.05) is 32.7 Å². The summed E-state index contributed by atoms with van der Waals surface area (Å²) in [7, 11) is 0. The van der Waals surface area contributed by atoms with Crippen LogP contribution in [0.25, 0.3) is 6.08 Å². The Hall–Kier alpha value is -2.47. The molecule has 0 saturated carbocycles. The molecule has 0 aliphatic carbocycles. The lowest BCUT2D eigenvalue weighted by molar-refractivity contribution is -0.140. The van der Waals surface area contributed by atoms with Gasteiger partial charge >= 0.3 is 0 Å². The summed E-state index contributed by atoms with van der Waals surface area (Å²) in [5, 5.41) is 0.646. The van der Waals surface area contributed by atoms with Crippen molar-refractivity contribution in [3.8, 4) is 0 Å². The van der Waals surface area contributed by atoms with E-state index in [1.54, 1.807) is 12.1 Å². The number of piperazine rings is 1. The molecule has 0 aromatic heterocycles. The van der Waals surface area contributed by atoms with Gasteiger partial charge in [-0.2, -0.15) is 0 Å². The Balaban J connectivity index is 1.28. The Labute approximate surface area is 182 Å². The summed E-state index contributed by atoms with van der Waals surface area (Å²) in [6, 6.07) is 17.2. The molecular weight excluding hydrogens is 398 g/mol. The number of imide groups is 1. The minimum Gasteiger partial charge on any atom is -0.297 e. The zero-order chi connectivity index (χ0) is 20.9. The Morgan fingerprint density at radius 1 is 0.933 bits per heavy atom. The molecule has 156 valence electrons. The summed E-state index contributed by atoms with van der Waals surface area (Å²) in [6.45, 7) is 4.61. The summed E-state index contributed by atoms with van der Waals surface area (Å²) >= 11 is 5.92. The first-order chi connectivity index (χ1) is 14.6. The third-order valence-corrected chi connectivity index (χ3v) is 6.05. The van der Waals surface area contributed by atoms with Crippen molar-refractivity contribution >= 4 is 29.5 Å². The molecule has 0 bridgehead atoms. The maximum Gasteiger partial charge on any atom is 0.247 e. The molecule has 0 spiro atoms. The second-order valence-electron chi connectivity index (χ2n) is 7.81. The van der Waals surface area contributed by atoms with Crippen LogP contribution in [0.2, 0.25) is 5.02 Å². The highest BCUT2D eigenvalue weighted by Gasteiger charge is 2.42. The Kier molecular flexibility index (Phi) is 6.62. The number of rotatable bonds is 6. The minimum absolute atomic E-state index is 0.0765. The number of halogens is 1. The first-order valence-electron chi connectivity index (χ1n) is 10.4. The number of amides is 2. The van der Waals surface area contributed by atoms with E-state index >= 15 is 0 Å². The average Bonchev–Trinajstić information content (AvgIpc) is 3.05. The molecule has 2 aliphatic heterocycles. The fourth-order valence-corrected chi connectivity index (χ4v) is 4.18. The first-order valence-corrected chi connectivity index (χ1v) is 10.7. The predicted molar refractivity (Wildman–Crippen MR) is 119 cm³/mol. The van der Waals surface area contributed by atoms with E-state index in [4.69, 9.17) is 11.6 Å². The van der Waals surface area contributed by atoms with Crippen LogP contribution in [-0.2, 0) is 16.1 Å². The number of likely N-dealkylation sites (tertiary alicyclic amines) is 1. The van der Waals surface area contributed by atoms with Crippen LogP contribution in [0.4, 0.5) is 0 Å². The topological polar surface area (TPSA) is 43.9 Å². The van der Waals surface area contributed by atoms with Crippen LogP contribution in [0.1, 0.15) is 17.5 Å². The van der Waals surface area contributed by atoms with Gasteiger partial charge in [-0.1, -0.05) is 66.2 Å². The van der Waals surface area contributed by atoms with E-state index in [0.29, 0.717) is 11.6 Å². The van der Waals surface area contributed by atoms with Gasteiger partial charge in [0.2, 0.25) is 11.8 Å². The Morgan fingerprint density at radius 2 is 1.63 bits per heavy atom. The summed E-state index contributed by atoms with van der Waals surface area (Å²) in [5.74, 6) is -0.166. The molecule has 0 N–H and O–H groups in total. The van der Waals surface area contributed by atoms with Crippen molar-refractivity contribution in [1.82, 2.24) is 14.7 Å². The van der Waals surface area contributed by atoms with Crippen LogP contribution < -0.4 is 0 Å². The van der Waals surface area contributed by atoms with Crippen molar-refractivity contribution in [1.29, 1.82) is 0 Å². The molecule has 6 heteroatoms. The maximum atomic E-state index is 12.9. The fraction of sp³-hybridized carbons (Fsp3) is 0.333. The second kappa shape index (κ2) is 9.56. The molecule has 2 fully saturated rings. The molecule has 30 heavy (non-hydrogen) atoms. The van der Waals surface area contributed by atoms with Crippen LogP contribution in [0.15, 0.2) is 60.7 Å². The lowest BCUT2D eigenvalue weighted by Crippen LogP contribution is -2.52. The zero-order valence-corrected chi connectivity index (χ0v) is 17.7. The quantitative estimate of drug-likeness (QED) is 0.669. The van der Waals surface area contributed by atoms with Gasteiger partial charge in [0.25, 0.3) is 0 Å². The number of carbonyl (C=O) groups is 2. The fourth-order valence-electron chi connectivity index (χ4n) is 4.05. The highest BCUT2D eigenvalue weighted by molar-refractivity contribution is 6.30. The van der Waals surface area contributed by atoms with E-state index in [9.17, 15) is 9.59 Å². The highest BCUT2D eigenvalue weighted by atomic mass is 35.5. The molecule has 4 rings (SSSR count). The van der Waals surface area contributed by atoms with E-state index in [0.717, 1.165) is 38.3 Å². The average molecular weight is 424 g/mol. The molecule has 2 aliphatic rings. The van der Waals surface area contributed by atoms with Gasteiger partial charge in [-0.05, 0) is 23.3 Å². The van der Waals surface area contributed by atoms with Gasteiger partial charge in [-0.15, -0.1) is 0 Å². The number of nitrogens with zero attached hydrogens (tertiary/aromatic N) is 3. The molecule has 5 nitrogen and oxygen atoms in total. The number of benzene rings is 2. The van der Waals surface area contributed by atoms with E-state index in [1.807, 2.05) is 30.3 Å². The van der Waals surface area contributed by atoms with Crippen molar-refractivity contribution < 1.29 is 9.59 Å². The first kappa shape index (κ1) is 20.8. The van der Waals surface area contributed by atoms with Crippen LogP contribution in [0.5, 0.6) is 0 Å². The molecule has 2 aromatic rings. The lowest BCUT2D eigenvalue weighted by Gasteiger charge is -2.36. The van der Waals surface area contributed by atoms with Gasteiger partial charge in [-0.25, -0.2) is 0 Å². The molecule has 1 atom stereocenters. The summed E-state index contributed by atoms with van der Waals surface area (Å²) in [4.78, 5) is 31.3. The van der Waals surface area contributed by atoms with Gasteiger partial charge in [0, 0.05) is 37.7 Å². The monoisotopic (exact) mass is 423 g/mol. The molecule has 0 unspecified atom stereocenters. The van der Waals surface area contributed by atoms with E-state index in [2.05, 4.69) is 34.1 Å². The molecule has 2 saturated heterocycles. The van der Waals surface area contributed by atoms with Crippen LogP contribution in [0, 0.1) is 0 Å². The number of hydrogen-bond acceptors (Lipinski definition) is 4. The third-order valence-electron chi connectivity index (χ3n) is 5.80. The smallest absolute Gasteiger partial charge is 0.247 e. The maximum absolute atomic E-state index is 12.9. The summed E-state index contributed by atoms with van der Waals surface area (Å²) in [5.41, 5.74) is 2.11. The van der Waals surface area contributed by atoms with Crippen molar-refractivity contribution in [3.63, 3.8) is 0 Å². The Bertz CT molecular complexity index is 906. The summed E-state index contributed by atoms with van der Waals surface area (Å²) in [6.07, 6.45) is 4.60. The van der Waals surface area contributed by atoms with E-state index in [-0.39, 0.29) is 24.3 Å². The largest absolute Gasteiger partial charge is 0.297 e. The molecule has 2 heterocycles. The standard InChI is InChI=1S/C24H26ClN3O2/c25-21-10-8-20(9-11-21)18-28-23(29)17-22(24(28)30)27-15-13-26(14-16-27)12-4-7-19-5-2-1-3-6-19/h1-11,22H,12-18H2/b7-4+/t22-/m0/s1. The van der Waals surface area contributed by atoms with Crippen molar-refractivity contribution in [3.05, 3.63) is 76.8 Å². The Morgan fingerprint density at radius 3 is 2.33 bits per heavy atom. The molecule has 2 amide bonds. The molecular formula is C24H26ClN3O2. The van der Waals surface area contributed by atoms with E-state index < -0.39 is 0 Å². The minimum atomic E-state index is -0.327. The third kappa shape index (κ3) is 4.98. The van der Waals surface area contributed by atoms with Gasteiger partial charge in [-0.3, -0.25) is 24.3 Å². The van der Waals surface area contributed by atoms with Crippen LogP contribution in [0.3, 0.4) is 0 Å². The molecule has 2 aromatic carbocycles. The van der Waals surface area contributed by atoms with Crippen LogP contribution in [-0.4, -0.2) is 65.3 Å². The number of hydrogen-bond donors (Lipinski definition) is 0. The SMILES string of the molecule is O=C1C[C@H](N2CCN(C/C=C/c3ccccc3)CC2)C(=O)N1Cc1ccc(Cl)cc1. The molecule has 0 radical (unpaired) electrons. The van der Waals surface area contributed by atoms with Crippen molar-refractivity contribution in [2.24, 2.45) is 0 Å². The van der Waals surface area contributed by atoms with Gasteiger partial charge in [0.1, 0.15) is 0 Å². The zero-order valence-electron chi connectivity index (χ0n) is 16.9.